The van der Waals surface area contributed by atoms with Gasteiger partial charge in [0.1, 0.15) is 5.75 Å². The summed E-state index contributed by atoms with van der Waals surface area (Å²) in [6.07, 6.45) is 2.63. The molecule has 0 fully saturated rings. The van der Waals surface area contributed by atoms with E-state index in [0.29, 0.717) is 23.5 Å². The third-order valence-electron chi connectivity index (χ3n) is 2.43. The highest BCUT2D eigenvalue weighted by atomic mass is 16.6. The van der Waals surface area contributed by atoms with Crippen LogP contribution in [0.15, 0.2) is 18.2 Å². The highest BCUT2D eigenvalue weighted by molar-refractivity contribution is 5.87. The van der Waals surface area contributed by atoms with Crippen LogP contribution >= 0.6 is 0 Å². The molecular weight excluding hydrogens is 250 g/mol. The van der Waals surface area contributed by atoms with Crippen molar-refractivity contribution in [1.29, 1.82) is 0 Å². The third kappa shape index (κ3) is 3.80. The molecule has 1 aromatic rings. The summed E-state index contributed by atoms with van der Waals surface area (Å²) in [7, 11) is 1.26. The number of carbonyl (C=O) groups is 1. The van der Waals surface area contributed by atoms with Gasteiger partial charge in [-0.3, -0.25) is 10.1 Å². The molecule has 102 valence electrons. The first-order chi connectivity index (χ1) is 8.99. The lowest BCUT2D eigenvalue weighted by atomic mass is 10.1. The predicted octanol–water partition coefficient (Wildman–Crippen LogP) is 2.49. The fraction of sp³-hybridized carbons (Fsp3) is 0.308. The minimum atomic E-state index is -0.536. The summed E-state index contributed by atoms with van der Waals surface area (Å²) in [6, 6.07) is 2.96. The van der Waals surface area contributed by atoms with Gasteiger partial charge in [0.25, 0.3) is 5.69 Å². The van der Waals surface area contributed by atoms with Crippen molar-refractivity contribution in [3.05, 3.63) is 39.4 Å². The molecule has 0 heterocycles. The topological polar surface area (TPSA) is 78.7 Å². The number of nitrogens with zero attached hydrogens (tertiary/aromatic N) is 1. The summed E-state index contributed by atoms with van der Waals surface area (Å²) in [5, 5.41) is 10.9. The quantitative estimate of drug-likeness (QED) is 0.353. The van der Waals surface area contributed by atoms with Crippen molar-refractivity contribution < 1.29 is 19.2 Å². The summed E-state index contributed by atoms with van der Waals surface area (Å²) in [4.78, 5) is 21.5. The van der Waals surface area contributed by atoms with E-state index in [-0.39, 0.29) is 5.69 Å². The van der Waals surface area contributed by atoms with Crippen LogP contribution in [0.2, 0.25) is 0 Å². The number of methoxy groups -OCH3 is 1. The standard InChI is InChI=1S/C13H15NO5/c1-4-19-12-7-9(2)11(14(16)17)8-10(12)5-6-13(15)18-3/h5-8H,4H2,1-3H3/b6-5+. The van der Waals surface area contributed by atoms with Crippen LogP contribution in [0.1, 0.15) is 18.1 Å². The molecule has 0 unspecified atom stereocenters. The number of ether oxygens (including phenoxy) is 2. The molecule has 0 N–H and O–H groups in total. The van der Waals surface area contributed by atoms with Gasteiger partial charge in [-0.2, -0.15) is 0 Å². The molecule has 0 radical (unpaired) electrons. The molecule has 19 heavy (non-hydrogen) atoms. The maximum Gasteiger partial charge on any atom is 0.330 e. The van der Waals surface area contributed by atoms with Gasteiger partial charge in [-0.05, 0) is 26.0 Å². The number of esters is 1. The van der Waals surface area contributed by atoms with Crippen molar-refractivity contribution in [2.75, 3.05) is 13.7 Å². The minimum absolute atomic E-state index is 0.0204. The molecule has 1 rings (SSSR count). The predicted molar refractivity (Wildman–Crippen MR) is 70.1 cm³/mol. The van der Waals surface area contributed by atoms with E-state index in [1.807, 2.05) is 6.92 Å². The molecule has 0 saturated carbocycles. The molecule has 0 amide bonds. The molecule has 0 saturated heterocycles. The second-order valence-electron chi connectivity index (χ2n) is 3.72. The average molecular weight is 265 g/mol. The molecule has 1 aromatic carbocycles. The van der Waals surface area contributed by atoms with E-state index < -0.39 is 10.9 Å². The van der Waals surface area contributed by atoms with E-state index in [0.717, 1.165) is 0 Å². The van der Waals surface area contributed by atoms with Crippen molar-refractivity contribution in [2.24, 2.45) is 0 Å². The van der Waals surface area contributed by atoms with Crippen molar-refractivity contribution in [1.82, 2.24) is 0 Å². The fourth-order valence-corrected chi connectivity index (χ4v) is 1.52. The van der Waals surface area contributed by atoms with Crippen molar-refractivity contribution >= 4 is 17.7 Å². The van der Waals surface area contributed by atoms with Gasteiger partial charge in [-0.25, -0.2) is 4.79 Å². The first-order valence-corrected chi connectivity index (χ1v) is 5.67. The molecule has 0 aliphatic rings. The Labute approximate surface area is 110 Å². The number of nitro groups is 1. The second kappa shape index (κ2) is 6.53. The zero-order chi connectivity index (χ0) is 14.4. The largest absolute Gasteiger partial charge is 0.493 e. The lowest BCUT2D eigenvalue weighted by molar-refractivity contribution is -0.385. The Balaban J connectivity index is 3.24. The van der Waals surface area contributed by atoms with Crippen LogP contribution in [0.3, 0.4) is 0 Å². The summed E-state index contributed by atoms with van der Waals surface area (Å²) < 4.78 is 9.87. The first kappa shape index (κ1) is 14.7. The highest BCUT2D eigenvalue weighted by Gasteiger charge is 2.15. The van der Waals surface area contributed by atoms with E-state index in [4.69, 9.17) is 4.74 Å². The van der Waals surface area contributed by atoms with E-state index in [9.17, 15) is 14.9 Å². The van der Waals surface area contributed by atoms with E-state index in [1.165, 1.54) is 25.3 Å². The summed E-state index contributed by atoms with van der Waals surface area (Å²) in [5.41, 5.74) is 0.946. The van der Waals surface area contributed by atoms with Crippen LogP contribution < -0.4 is 4.74 Å². The van der Waals surface area contributed by atoms with Gasteiger partial charge in [-0.1, -0.05) is 0 Å². The zero-order valence-corrected chi connectivity index (χ0v) is 11.0. The number of hydrogen-bond acceptors (Lipinski definition) is 5. The summed E-state index contributed by atoms with van der Waals surface area (Å²) >= 11 is 0. The normalized spacial score (nSPS) is 10.5. The van der Waals surface area contributed by atoms with Crippen LogP contribution in [0.25, 0.3) is 6.08 Å². The molecule has 0 bridgehead atoms. The number of nitro benzene ring substituents is 1. The van der Waals surface area contributed by atoms with Crippen molar-refractivity contribution in [3.8, 4) is 5.75 Å². The van der Waals surface area contributed by atoms with Gasteiger partial charge in [0.2, 0.25) is 0 Å². The van der Waals surface area contributed by atoms with Crippen LogP contribution in [0, 0.1) is 17.0 Å². The number of aryl methyl sites for hydroxylation is 1. The maximum atomic E-state index is 11.1. The maximum absolute atomic E-state index is 11.1. The van der Waals surface area contributed by atoms with Crippen molar-refractivity contribution in [3.63, 3.8) is 0 Å². The molecular formula is C13H15NO5. The van der Waals surface area contributed by atoms with Gasteiger partial charge in [0, 0.05) is 23.3 Å². The number of hydrogen-bond donors (Lipinski definition) is 0. The van der Waals surface area contributed by atoms with E-state index in [2.05, 4.69) is 4.74 Å². The Hall–Kier alpha value is -2.37. The minimum Gasteiger partial charge on any atom is -0.493 e. The lowest BCUT2D eigenvalue weighted by Gasteiger charge is -2.08. The Kier molecular flexibility index (Phi) is 5.05. The van der Waals surface area contributed by atoms with Gasteiger partial charge in [0.15, 0.2) is 0 Å². The Morgan fingerprint density at radius 3 is 2.68 bits per heavy atom. The van der Waals surface area contributed by atoms with Gasteiger partial charge in [0.05, 0.1) is 18.6 Å². The molecule has 0 atom stereocenters. The van der Waals surface area contributed by atoms with Gasteiger partial charge in [-0.15, -0.1) is 0 Å². The molecule has 6 heteroatoms. The Bertz CT molecular complexity index is 522. The SMILES string of the molecule is CCOc1cc(C)c([N+](=O)[O-])cc1/C=C/C(=O)OC. The Morgan fingerprint density at radius 2 is 2.16 bits per heavy atom. The first-order valence-electron chi connectivity index (χ1n) is 5.67. The summed E-state index contributed by atoms with van der Waals surface area (Å²) in [5.74, 6) is -0.0450. The number of benzene rings is 1. The molecule has 6 nitrogen and oxygen atoms in total. The fourth-order valence-electron chi connectivity index (χ4n) is 1.52. The monoisotopic (exact) mass is 265 g/mol. The van der Waals surface area contributed by atoms with Crippen LogP contribution in [0.4, 0.5) is 5.69 Å². The van der Waals surface area contributed by atoms with Crippen molar-refractivity contribution in [2.45, 2.75) is 13.8 Å². The number of carbonyl (C=O) groups excluding carboxylic acids is 1. The highest BCUT2D eigenvalue weighted by Crippen LogP contribution is 2.29. The molecule has 0 aliphatic heterocycles. The zero-order valence-electron chi connectivity index (χ0n) is 11.0. The molecule has 0 aromatic heterocycles. The Morgan fingerprint density at radius 1 is 1.47 bits per heavy atom. The van der Waals surface area contributed by atoms with Crippen LogP contribution in [-0.2, 0) is 9.53 Å². The number of rotatable bonds is 5. The van der Waals surface area contributed by atoms with Gasteiger partial charge < -0.3 is 9.47 Å². The average Bonchev–Trinajstić information content (AvgIpc) is 2.37. The third-order valence-corrected chi connectivity index (χ3v) is 2.43. The van der Waals surface area contributed by atoms with Gasteiger partial charge >= 0.3 is 5.97 Å². The lowest BCUT2D eigenvalue weighted by Crippen LogP contribution is -1.99. The molecule has 0 aliphatic carbocycles. The smallest absolute Gasteiger partial charge is 0.330 e. The summed E-state index contributed by atoms with van der Waals surface area (Å²) in [6.45, 7) is 3.87. The van der Waals surface area contributed by atoms with Crippen LogP contribution in [0.5, 0.6) is 5.75 Å². The second-order valence-corrected chi connectivity index (χ2v) is 3.72. The van der Waals surface area contributed by atoms with E-state index >= 15 is 0 Å². The molecule has 0 spiro atoms. The van der Waals surface area contributed by atoms with E-state index in [1.54, 1.807) is 13.0 Å². The van der Waals surface area contributed by atoms with Crippen LogP contribution in [-0.4, -0.2) is 24.6 Å².